The van der Waals surface area contributed by atoms with Gasteiger partial charge >= 0.3 is 6.03 Å². The number of hydrazine groups is 1. The summed E-state index contributed by atoms with van der Waals surface area (Å²) in [6.07, 6.45) is 2.47. The lowest BCUT2D eigenvalue weighted by Crippen LogP contribution is -2.50. The molecule has 29 heavy (non-hydrogen) atoms. The number of para-hydroxylation sites is 1. The highest BCUT2D eigenvalue weighted by atomic mass is 16.5. The number of rotatable bonds is 9. The van der Waals surface area contributed by atoms with Gasteiger partial charge in [-0.2, -0.15) is 0 Å². The third-order valence-corrected chi connectivity index (χ3v) is 4.69. The zero-order valence-corrected chi connectivity index (χ0v) is 17.0. The van der Waals surface area contributed by atoms with Gasteiger partial charge in [-0.25, -0.2) is 4.79 Å². The molecule has 2 rings (SSSR count). The molecule has 1 aliphatic rings. The third kappa shape index (κ3) is 5.46. The van der Waals surface area contributed by atoms with Gasteiger partial charge in [0.2, 0.25) is 0 Å². The fraction of sp³-hybridized carbons (Fsp3) is 0.500. The van der Waals surface area contributed by atoms with E-state index in [9.17, 15) is 19.2 Å². The van der Waals surface area contributed by atoms with Crippen molar-refractivity contribution in [2.75, 3.05) is 13.2 Å². The van der Waals surface area contributed by atoms with E-state index < -0.39 is 35.8 Å². The summed E-state index contributed by atoms with van der Waals surface area (Å²) in [5, 5.41) is 2.73. The number of amides is 5. The second-order valence-corrected chi connectivity index (χ2v) is 7.05. The van der Waals surface area contributed by atoms with E-state index >= 15 is 0 Å². The topological polar surface area (TPSA) is 117 Å². The van der Waals surface area contributed by atoms with Crippen LogP contribution in [0.25, 0.3) is 0 Å². The lowest BCUT2D eigenvalue weighted by Gasteiger charge is -2.25. The van der Waals surface area contributed by atoms with Gasteiger partial charge < -0.3 is 10.1 Å². The molecule has 1 fully saturated rings. The van der Waals surface area contributed by atoms with Crippen LogP contribution in [-0.4, -0.2) is 47.3 Å². The van der Waals surface area contributed by atoms with E-state index in [0.29, 0.717) is 18.6 Å². The van der Waals surface area contributed by atoms with E-state index in [0.717, 1.165) is 23.3 Å². The Morgan fingerprint density at radius 1 is 1.07 bits per heavy atom. The van der Waals surface area contributed by atoms with Crippen molar-refractivity contribution in [3.63, 3.8) is 0 Å². The van der Waals surface area contributed by atoms with Crippen molar-refractivity contribution < 1.29 is 23.9 Å². The Balaban J connectivity index is 1.84. The number of urea groups is 1. The maximum atomic E-state index is 12.7. The minimum atomic E-state index is -0.953. The smallest absolute Gasteiger partial charge is 0.325 e. The summed E-state index contributed by atoms with van der Waals surface area (Å²) in [5.74, 6) is -1.08. The molecule has 158 valence electrons. The minimum Gasteiger partial charge on any atom is -0.483 e. The first-order chi connectivity index (χ1) is 13.8. The Kier molecular flexibility index (Phi) is 7.58. The fourth-order valence-corrected chi connectivity index (χ4v) is 3.36. The quantitative estimate of drug-likeness (QED) is 0.425. The van der Waals surface area contributed by atoms with E-state index in [1.54, 1.807) is 12.1 Å². The first-order valence-electron chi connectivity index (χ1n) is 9.73. The molecule has 9 heteroatoms. The number of carbonyl (C=O) groups is 4. The number of ether oxygens (including phenoxy) is 1. The molecule has 0 saturated carbocycles. The minimum absolute atomic E-state index is 0.287. The third-order valence-electron chi connectivity index (χ3n) is 4.69. The first kappa shape index (κ1) is 22.2. The summed E-state index contributed by atoms with van der Waals surface area (Å²) in [6, 6.07) is 6.63. The zero-order chi connectivity index (χ0) is 21.4. The Hall–Kier alpha value is -3.10. The number of benzene rings is 1. The van der Waals surface area contributed by atoms with Gasteiger partial charge in [-0.3, -0.25) is 30.1 Å². The van der Waals surface area contributed by atoms with Gasteiger partial charge in [0.1, 0.15) is 17.8 Å². The fourth-order valence-electron chi connectivity index (χ4n) is 3.36. The SMILES string of the molecule is CCCC1(CCC)NC(=O)N(CC(=O)NNC(=O)COc2ccccc2C)C1=O. The molecule has 3 N–H and O–H groups in total. The molecule has 0 aromatic heterocycles. The first-order valence-corrected chi connectivity index (χ1v) is 9.73. The second-order valence-electron chi connectivity index (χ2n) is 7.05. The van der Waals surface area contributed by atoms with Gasteiger partial charge in [0.25, 0.3) is 17.7 Å². The maximum Gasteiger partial charge on any atom is 0.325 e. The van der Waals surface area contributed by atoms with Crippen LogP contribution in [0.2, 0.25) is 0 Å². The van der Waals surface area contributed by atoms with Crippen LogP contribution in [0.4, 0.5) is 4.79 Å². The van der Waals surface area contributed by atoms with Crippen LogP contribution in [0.1, 0.15) is 45.1 Å². The molecule has 0 unspecified atom stereocenters. The summed E-state index contributed by atoms with van der Waals surface area (Å²) in [6.45, 7) is 4.95. The average molecular weight is 404 g/mol. The van der Waals surface area contributed by atoms with Crippen LogP contribution in [0.3, 0.4) is 0 Å². The average Bonchev–Trinajstić information content (AvgIpc) is 2.90. The molecule has 0 radical (unpaired) electrons. The largest absolute Gasteiger partial charge is 0.483 e. The molecule has 5 amide bonds. The molecule has 1 aliphatic heterocycles. The Morgan fingerprint density at radius 2 is 1.69 bits per heavy atom. The van der Waals surface area contributed by atoms with Gasteiger partial charge in [-0.05, 0) is 31.4 Å². The van der Waals surface area contributed by atoms with Gasteiger partial charge in [0.05, 0.1) is 0 Å². The Labute approximate surface area is 170 Å². The number of hydrogen-bond acceptors (Lipinski definition) is 5. The zero-order valence-electron chi connectivity index (χ0n) is 17.0. The highest BCUT2D eigenvalue weighted by Crippen LogP contribution is 2.27. The summed E-state index contributed by atoms with van der Waals surface area (Å²) in [4.78, 5) is 49.8. The molecular weight excluding hydrogens is 376 g/mol. The van der Waals surface area contributed by atoms with Crippen LogP contribution < -0.4 is 20.9 Å². The second kappa shape index (κ2) is 9.90. The standard InChI is InChI=1S/C20H28N4O5/c1-4-10-20(11-5-2)18(27)24(19(28)21-20)12-16(25)22-23-17(26)13-29-15-9-7-6-8-14(15)3/h6-9H,4-5,10-13H2,1-3H3,(H,21,28)(H,22,25)(H,23,26). The van der Waals surface area contributed by atoms with Crippen LogP contribution >= 0.6 is 0 Å². The summed E-state index contributed by atoms with van der Waals surface area (Å²) in [7, 11) is 0. The lowest BCUT2D eigenvalue weighted by atomic mass is 9.88. The van der Waals surface area contributed by atoms with Crippen molar-refractivity contribution in [1.82, 2.24) is 21.1 Å². The number of nitrogens with zero attached hydrogens (tertiary/aromatic N) is 1. The highest BCUT2D eigenvalue weighted by molar-refractivity contribution is 6.09. The number of aryl methyl sites for hydroxylation is 1. The molecule has 1 aromatic carbocycles. The van der Waals surface area contributed by atoms with Crippen molar-refractivity contribution in [3.05, 3.63) is 29.8 Å². The van der Waals surface area contributed by atoms with Gasteiger partial charge in [0, 0.05) is 0 Å². The van der Waals surface area contributed by atoms with E-state index in [1.165, 1.54) is 0 Å². The van der Waals surface area contributed by atoms with Crippen LogP contribution in [-0.2, 0) is 14.4 Å². The summed E-state index contributed by atoms with van der Waals surface area (Å²) < 4.78 is 5.39. The van der Waals surface area contributed by atoms with Crippen LogP contribution in [0.5, 0.6) is 5.75 Å². The van der Waals surface area contributed by atoms with Crippen LogP contribution in [0.15, 0.2) is 24.3 Å². The predicted octanol–water partition coefficient (Wildman–Crippen LogP) is 1.41. The molecular formula is C20H28N4O5. The van der Waals surface area contributed by atoms with E-state index in [-0.39, 0.29) is 6.61 Å². The predicted molar refractivity (Wildman–Crippen MR) is 106 cm³/mol. The van der Waals surface area contributed by atoms with Gasteiger partial charge in [-0.15, -0.1) is 0 Å². The van der Waals surface area contributed by atoms with Crippen molar-refractivity contribution in [2.24, 2.45) is 0 Å². The molecule has 1 heterocycles. The lowest BCUT2D eigenvalue weighted by molar-refractivity contribution is -0.136. The Bertz CT molecular complexity index is 774. The molecule has 0 spiro atoms. The number of imide groups is 1. The van der Waals surface area contributed by atoms with Crippen molar-refractivity contribution in [2.45, 2.75) is 52.0 Å². The number of nitrogens with one attached hydrogen (secondary N) is 3. The molecule has 1 aromatic rings. The van der Waals surface area contributed by atoms with Crippen molar-refractivity contribution in [1.29, 1.82) is 0 Å². The Morgan fingerprint density at radius 3 is 2.31 bits per heavy atom. The number of hydrogen-bond donors (Lipinski definition) is 3. The molecule has 1 saturated heterocycles. The normalized spacial score (nSPS) is 15.1. The van der Waals surface area contributed by atoms with E-state index in [4.69, 9.17) is 4.74 Å². The molecule has 0 bridgehead atoms. The highest BCUT2D eigenvalue weighted by Gasteiger charge is 2.50. The maximum absolute atomic E-state index is 12.7. The van der Waals surface area contributed by atoms with Crippen LogP contribution in [0, 0.1) is 6.92 Å². The molecule has 0 aliphatic carbocycles. The van der Waals surface area contributed by atoms with Gasteiger partial charge in [0.15, 0.2) is 6.61 Å². The van der Waals surface area contributed by atoms with E-state index in [2.05, 4.69) is 16.2 Å². The monoisotopic (exact) mass is 404 g/mol. The number of carbonyl (C=O) groups excluding carboxylic acids is 4. The van der Waals surface area contributed by atoms with Crippen molar-refractivity contribution in [3.8, 4) is 5.75 Å². The molecule has 0 atom stereocenters. The molecule has 9 nitrogen and oxygen atoms in total. The summed E-state index contributed by atoms with van der Waals surface area (Å²) >= 11 is 0. The van der Waals surface area contributed by atoms with E-state index in [1.807, 2.05) is 32.9 Å². The van der Waals surface area contributed by atoms with Crippen molar-refractivity contribution >= 4 is 23.8 Å². The van der Waals surface area contributed by atoms with Gasteiger partial charge in [-0.1, -0.05) is 44.9 Å². The summed E-state index contributed by atoms with van der Waals surface area (Å²) in [5.41, 5.74) is 4.34.